The Balaban J connectivity index is 1.42. The summed E-state index contributed by atoms with van der Waals surface area (Å²) in [7, 11) is 0. The smallest absolute Gasteiger partial charge is 0.186 e. The van der Waals surface area contributed by atoms with Crippen LogP contribution in [-0.2, 0) is 0 Å². The van der Waals surface area contributed by atoms with Crippen molar-refractivity contribution in [2.75, 3.05) is 11.4 Å². The van der Waals surface area contributed by atoms with Crippen LogP contribution in [0.1, 0.15) is 23.9 Å². The van der Waals surface area contributed by atoms with E-state index in [-0.39, 0.29) is 6.04 Å². The maximum Gasteiger partial charge on any atom is 0.186 e. The van der Waals surface area contributed by atoms with E-state index in [0.717, 1.165) is 47.8 Å². The summed E-state index contributed by atoms with van der Waals surface area (Å²) >= 11 is 3.44. The minimum absolute atomic E-state index is 0.267. The third-order valence-electron chi connectivity index (χ3n) is 5.17. The minimum Gasteiger partial charge on any atom is -0.346 e. The molecule has 1 aliphatic heterocycles. The second-order valence-corrected chi connectivity index (χ2v) is 8.71. The molecule has 5 heterocycles. The molecule has 0 spiro atoms. The molecule has 6 nitrogen and oxygen atoms in total. The van der Waals surface area contributed by atoms with E-state index in [1.165, 1.54) is 9.71 Å². The average Bonchev–Trinajstić information content (AvgIpc) is 3.52. The number of hydrogen-bond donors (Lipinski definition) is 0. The lowest BCUT2D eigenvalue weighted by Gasteiger charge is -2.23. The standard InChI is InChI=1S/C20H16N6S2/c1-2-6-16-14(4-1)21-20(28-16)15-5-3-10-25(15)18-8-7-17-22-23-19(26(17)24-18)13-9-11-27-12-13/h1-2,4,6-9,11-12,15H,3,5,10H2. The van der Waals surface area contributed by atoms with E-state index < -0.39 is 0 Å². The topological polar surface area (TPSA) is 59.2 Å². The highest BCUT2D eigenvalue weighted by Gasteiger charge is 2.30. The van der Waals surface area contributed by atoms with Crippen molar-refractivity contribution < 1.29 is 0 Å². The van der Waals surface area contributed by atoms with E-state index in [1.54, 1.807) is 22.7 Å². The first-order valence-electron chi connectivity index (χ1n) is 9.24. The summed E-state index contributed by atoms with van der Waals surface area (Å²) in [6.07, 6.45) is 2.24. The molecule has 0 N–H and O–H groups in total. The highest BCUT2D eigenvalue weighted by Crippen LogP contribution is 2.38. The van der Waals surface area contributed by atoms with E-state index in [1.807, 2.05) is 28.1 Å². The molecule has 0 amide bonds. The molecule has 1 saturated heterocycles. The Labute approximate surface area is 169 Å². The van der Waals surface area contributed by atoms with Crippen LogP contribution in [0.25, 0.3) is 27.3 Å². The summed E-state index contributed by atoms with van der Waals surface area (Å²) in [5.41, 5.74) is 2.89. The first-order valence-corrected chi connectivity index (χ1v) is 11.0. The molecule has 1 fully saturated rings. The number of para-hydroxylation sites is 1. The average molecular weight is 405 g/mol. The summed E-state index contributed by atoms with van der Waals surface area (Å²) < 4.78 is 3.09. The molecular formula is C20H16N6S2. The number of benzene rings is 1. The van der Waals surface area contributed by atoms with Gasteiger partial charge in [0.25, 0.3) is 0 Å². The van der Waals surface area contributed by atoms with E-state index in [2.05, 4.69) is 44.7 Å². The number of hydrogen-bond acceptors (Lipinski definition) is 7. The first-order chi connectivity index (χ1) is 13.9. The molecule has 1 atom stereocenters. The van der Waals surface area contributed by atoms with Gasteiger partial charge in [0.15, 0.2) is 11.5 Å². The number of rotatable bonds is 3. The second kappa shape index (κ2) is 6.35. The number of thiazole rings is 1. The zero-order valence-corrected chi connectivity index (χ0v) is 16.5. The number of anilines is 1. The maximum absolute atomic E-state index is 4.90. The van der Waals surface area contributed by atoms with Gasteiger partial charge in [0.05, 0.1) is 16.3 Å². The van der Waals surface area contributed by atoms with Gasteiger partial charge >= 0.3 is 0 Å². The van der Waals surface area contributed by atoms with Gasteiger partial charge in [-0.3, -0.25) is 0 Å². The van der Waals surface area contributed by atoms with Gasteiger partial charge in [-0.2, -0.15) is 15.9 Å². The van der Waals surface area contributed by atoms with Crippen molar-refractivity contribution in [1.29, 1.82) is 0 Å². The molecule has 28 heavy (non-hydrogen) atoms. The molecular weight excluding hydrogens is 388 g/mol. The van der Waals surface area contributed by atoms with Crippen LogP contribution in [0.5, 0.6) is 0 Å². The highest BCUT2D eigenvalue weighted by molar-refractivity contribution is 7.18. The molecule has 5 aromatic rings. The summed E-state index contributed by atoms with van der Waals surface area (Å²) in [6, 6.07) is 14.7. The quantitative estimate of drug-likeness (QED) is 0.432. The van der Waals surface area contributed by atoms with E-state index >= 15 is 0 Å². The van der Waals surface area contributed by atoms with Gasteiger partial charge in [0, 0.05) is 17.5 Å². The van der Waals surface area contributed by atoms with Gasteiger partial charge in [-0.1, -0.05) is 12.1 Å². The zero-order chi connectivity index (χ0) is 18.5. The summed E-state index contributed by atoms with van der Waals surface area (Å²) in [4.78, 5) is 7.27. The lowest BCUT2D eigenvalue weighted by Crippen LogP contribution is -2.24. The van der Waals surface area contributed by atoms with Crippen molar-refractivity contribution in [3.8, 4) is 11.4 Å². The van der Waals surface area contributed by atoms with Crippen molar-refractivity contribution in [1.82, 2.24) is 24.8 Å². The SMILES string of the molecule is c1ccc2sc(C3CCCN3c3ccc4nnc(-c5ccsc5)n4n3)nc2c1. The van der Waals surface area contributed by atoms with Crippen molar-refractivity contribution in [3.05, 3.63) is 58.2 Å². The van der Waals surface area contributed by atoms with Gasteiger partial charge < -0.3 is 4.90 Å². The third-order valence-corrected chi connectivity index (χ3v) is 6.99. The fourth-order valence-electron chi connectivity index (χ4n) is 3.83. The molecule has 8 heteroatoms. The molecule has 1 aliphatic rings. The summed E-state index contributed by atoms with van der Waals surface area (Å²) in [6.45, 7) is 0.981. The number of thiophene rings is 1. The Bertz CT molecular complexity index is 1240. The molecule has 1 unspecified atom stereocenters. The van der Waals surface area contributed by atoms with Gasteiger partial charge in [0.2, 0.25) is 0 Å². The van der Waals surface area contributed by atoms with Crippen molar-refractivity contribution >= 4 is 44.4 Å². The Hall–Kier alpha value is -2.84. The zero-order valence-electron chi connectivity index (χ0n) is 14.9. The molecule has 0 bridgehead atoms. The van der Waals surface area contributed by atoms with Crippen LogP contribution in [0.15, 0.2) is 53.2 Å². The first kappa shape index (κ1) is 16.1. The fraction of sp³-hybridized carbons (Fsp3) is 0.200. The van der Waals surface area contributed by atoms with Crippen LogP contribution in [0.2, 0.25) is 0 Å². The molecule has 4 aromatic heterocycles. The maximum atomic E-state index is 4.90. The molecule has 6 rings (SSSR count). The third kappa shape index (κ3) is 2.52. The van der Waals surface area contributed by atoms with E-state index in [4.69, 9.17) is 10.1 Å². The Kier molecular flexibility index (Phi) is 3.66. The largest absolute Gasteiger partial charge is 0.346 e. The summed E-state index contributed by atoms with van der Waals surface area (Å²) in [5.74, 6) is 1.74. The Morgan fingerprint density at radius 1 is 1.04 bits per heavy atom. The lowest BCUT2D eigenvalue weighted by atomic mass is 10.2. The van der Waals surface area contributed by atoms with Crippen LogP contribution in [0.3, 0.4) is 0 Å². The molecule has 0 aliphatic carbocycles. The normalized spacial score (nSPS) is 17.1. The lowest BCUT2D eigenvalue weighted by molar-refractivity contribution is 0.698. The van der Waals surface area contributed by atoms with Gasteiger partial charge in [0.1, 0.15) is 10.8 Å². The Morgan fingerprint density at radius 3 is 2.89 bits per heavy atom. The van der Waals surface area contributed by atoms with E-state index in [0.29, 0.717) is 0 Å². The molecule has 1 aromatic carbocycles. The number of fused-ring (bicyclic) bond motifs is 2. The molecule has 0 saturated carbocycles. The van der Waals surface area contributed by atoms with Crippen LogP contribution in [0.4, 0.5) is 5.82 Å². The molecule has 138 valence electrons. The predicted molar refractivity (Wildman–Crippen MR) is 113 cm³/mol. The van der Waals surface area contributed by atoms with Gasteiger partial charge in [-0.25, -0.2) is 4.98 Å². The van der Waals surface area contributed by atoms with Crippen LogP contribution in [-0.4, -0.2) is 31.3 Å². The number of nitrogens with zero attached hydrogens (tertiary/aromatic N) is 6. The highest BCUT2D eigenvalue weighted by atomic mass is 32.1. The predicted octanol–water partition coefficient (Wildman–Crippen LogP) is 4.80. The second-order valence-electron chi connectivity index (χ2n) is 6.87. The minimum atomic E-state index is 0.267. The monoisotopic (exact) mass is 404 g/mol. The van der Waals surface area contributed by atoms with Crippen molar-refractivity contribution in [2.45, 2.75) is 18.9 Å². The Morgan fingerprint density at radius 2 is 2.00 bits per heavy atom. The van der Waals surface area contributed by atoms with Crippen LogP contribution in [0, 0.1) is 0 Å². The fourth-order valence-corrected chi connectivity index (χ4v) is 5.58. The summed E-state index contributed by atoms with van der Waals surface area (Å²) in [5, 5.41) is 18.8. The van der Waals surface area contributed by atoms with Crippen LogP contribution < -0.4 is 4.90 Å². The van der Waals surface area contributed by atoms with Crippen molar-refractivity contribution in [3.63, 3.8) is 0 Å². The van der Waals surface area contributed by atoms with Gasteiger partial charge in [-0.15, -0.1) is 26.6 Å². The van der Waals surface area contributed by atoms with Crippen LogP contribution >= 0.6 is 22.7 Å². The molecule has 0 radical (unpaired) electrons. The number of aromatic nitrogens is 5. The van der Waals surface area contributed by atoms with Gasteiger partial charge in [-0.05, 0) is 48.6 Å². The van der Waals surface area contributed by atoms with Crippen molar-refractivity contribution in [2.24, 2.45) is 0 Å². The van der Waals surface area contributed by atoms with E-state index in [9.17, 15) is 0 Å².